The molecule has 0 aliphatic carbocycles. The Balaban J connectivity index is 1.23. The Morgan fingerprint density at radius 2 is 1.40 bits per heavy atom. The molecule has 0 fully saturated rings. The number of hydrogen-bond acceptors (Lipinski definition) is 8. The van der Waals surface area contributed by atoms with Crippen molar-refractivity contribution in [1.29, 1.82) is 5.26 Å². The molecule has 45 heavy (non-hydrogen) atoms. The lowest BCUT2D eigenvalue weighted by molar-refractivity contribution is 0.306. The van der Waals surface area contributed by atoms with Crippen LogP contribution in [0.5, 0.6) is 11.5 Å². The second-order valence-electron chi connectivity index (χ2n) is 10.4. The normalized spacial score (nSPS) is 14.0. The molecule has 0 saturated carbocycles. The van der Waals surface area contributed by atoms with Crippen LogP contribution in [0.1, 0.15) is 33.9 Å². The van der Waals surface area contributed by atoms with Crippen LogP contribution >= 0.6 is 0 Å². The van der Waals surface area contributed by atoms with E-state index in [0.717, 1.165) is 22.3 Å². The van der Waals surface area contributed by atoms with Gasteiger partial charge in [-0.3, -0.25) is 0 Å². The van der Waals surface area contributed by atoms with Crippen LogP contribution < -0.4 is 31.7 Å². The van der Waals surface area contributed by atoms with Gasteiger partial charge in [-0.15, -0.1) is 0 Å². The van der Waals surface area contributed by atoms with Crippen LogP contribution in [-0.2, 0) is 13.2 Å². The lowest BCUT2D eigenvalue weighted by atomic mass is 9.87. The third-order valence-electron chi connectivity index (χ3n) is 7.50. The summed E-state index contributed by atoms with van der Waals surface area (Å²) in [7, 11) is 0. The topological polar surface area (TPSA) is 129 Å². The lowest BCUT2D eigenvalue weighted by Gasteiger charge is -2.19. The standard InChI is InChI=1S/C36H26N4O5/c37-20-29-31(26-13-17-28(18-14-26)43-22-25-9-5-2-6-10-25)32-34(45-36(38)39-32)40-30(35(41)44-33(29)40)19-23-11-15-27(16-12-23)42-21-24-7-3-1-4-8-24/h1-19,31H,21-22H2,(H2,38,39)/b30-19+/t31-/m0/s1. The number of ether oxygens (including phenoxy) is 2. The number of nitriles is 1. The molecule has 6 aromatic rings. The molecule has 0 bridgehead atoms. The number of nitrogen functional groups attached to an aromatic ring is 1. The van der Waals surface area contributed by atoms with Gasteiger partial charge in [0.05, 0.1) is 5.92 Å². The zero-order valence-corrected chi connectivity index (χ0v) is 23.9. The van der Waals surface area contributed by atoms with Crippen molar-refractivity contribution >= 4 is 17.7 Å². The van der Waals surface area contributed by atoms with Gasteiger partial charge in [-0.1, -0.05) is 84.9 Å². The quantitative estimate of drug-likeness (QED) is 0.266. The molecule has 1 aliphatic rings. The van der Waals surface area contributed by atoms with Crippen LogP contribution in [0.2, 0.25) is 0 Å². The highest BCUT2D eigenvalue weighted by atomic mass is 16.5. The molecular formula is C36H26N4O5. The van der Waals surface area contributed by atoms with Crippen LogP contribution in [0.25, 0.3) is 17.5 Å². The lowest BCUT2D eigenvalue weighted by Crippen LogP contribution is -2.35. The van der Waals surface area contributed by atoms with Gasteiger partial charge in [0.2, 0.25) is 11.4 Å². The summed E-state index contributed by atoms with van der Waals surface area (Å²) < 4.78 is 24.8. The van der Waals surface area contributed by atoms with Crippen molar-refractivity contribution in [2.24, 2.45) is 0 Å². The van der Waals surface area contributed by atoms with Gasteiger partial charge < -0.3 is 24.0 Å². The molecule has 9 nitrogen and oxygen atoms in total. The van der Waals surface area contributed by atoms with Gasteiger partial charge in [-0.25, -0.2) is 9.36 Å². The van der Waals surface area contributed by atoms with Gasteiger partial charge in [0, 0.05) is 0 Å². The fourth-order valence-electron chi connectivity index (χ4n) is 5.33. The predicted molar refractivity (Wildman–Crippen MR) is 167 cm³/mol. The molecule has 2 aromatic heterocycles. The number of oxazole rings is 2. The third kappa shape index (κ3) is 5.48. The van der Waals surface area contributed by atoms with E-state index >= 15 is 0 Å². The Hall–Kier alpha value is -6.27. The molecule has 7 rings (SSSR count). The van der Waals surface area contributed by atoms with Crippen LogP contribution in [0.15, 0.2) is 123 Å². The summed E-state index contributed by atoms with van der Waals surface area (Å²) in [4.78, 5) is 17.6. The minimum absolute atomic E-state index is 0.0645. The van der Waals surface area contributed by atoms with E-state index in [4.69, 9.17) is 24.0 Å². The summed E-state index contributed by atoms with van der Waals surface area (Å²) in [6, 6.07) is 36.5. The van der Waals surface area contributed by atoms with Gasteiger partial charge >= 0.3 is 5.63 Å². The average molecular weight is 595 g/mol. The zero-order chi connectivity index (χ0) is 30.8. The first-order chi connectivity index (χ1) is 22.1. The summed E-state index contributed by atoms with van der Waals surface area (Å²) >= 11 is 0. The molecule has 0 radical (unpaired) electrons. The number of anilines is 1. The highest BCUT2D eigenvalue weighted by Crippen LogP contribution is 2.38. The molecule has 0 amide bonds. The van der Waals surface area contributed by atoms with E-state index in [-0.39, 0.29) is 28.4 Å². The molecular weight excluding hydrogens is 568 g/mol. The van der Waals surface area contributed by atoms with E-state index in [0.29, 0.717) is 30.4 Å². The Morgan fingerprint density at radius 3 is 1.98 bits per heavy atom. The molecule has 0 saturated heterocycles. The van der Waals surface area contributed by atoms with Gasteiger partial charge in [-0.2, -0.15) is 10.2 Å². The Bertz CT molecular complexity index is 2190. The summed E-state index contributed by atoms with van der Waals surface area (Å²) in [5.74, 6) is 0.898. The maximum atomic E-state index is 13.2. The summed E-state index contributed by atoms with van der Waals surface area (Å²) in [6.07, 6.45) is 1.66. The Morgan fingerprint density at radius 1 is 0.822 bits per heavy atom. The molecule has 9 heteroatoms. The zero-order valence-electron chi connectivity index (χ0n) is 23.9. The third-order valence-corrected chi connectivity index (χ3v) is 7.50. The minimum Gasteiger partial charge on any atom is -0.489 e. The summed E-state index contributed by atoms with van der Waals surface area (Å²) in [6.45, 7) is 0.858. The van der Waals surface area contributed by atoms with Crippen molar-refractivity contribution in [2.45, 2.75) is 19.1 Å². The van der Waals surface area contributed by atoms with Gasteiger partial charge in [0.15, 0.2) is 0 Å². The van der Waals surface area contributed by atoms with Crippen molar-refractivity contribution in [3.05, 3.63) is 158 Å². The van der Waals surface area contributed by atoms with Crippen molar-refractivity contribution in [2.75, 3.05) is 5.73 Å². The second kappa shape index (κ2) is 11.8. The second-order valence-corrected chi connectivity index (χ2v) is 10.4. The summed E-state index contributed by atoms with van der Waals surface area (Å²) in [5.41, 5.74) is 9.62. The highest BCUT2D eigenvalue weighted by Gasteiger charge is 2.36. The summed E-state index contributed by atoms with van der Waals surface area (Å²) in [5, 5.41) is 10.5. The molecule has 1 atom stereocenters. The molecule has 0 unspecified atom stereocenters. The van der Waals surface area contributed by atoms with Crippen LogP contribution in [0.4, 0.5) is 6.01 Å². The van der Waals surface area contributed by atoms with Gasteiger partial charge in [-0.05, 0) is 52.6 Å². The maximum absolute atomic E-state index is 13.2. The predicted octanol–water partition coefficient (Wildman–Crippen LogP) is 4.81. The van der Waals surface area contributed by atoms with Crippen LogP contribution in [0.3, 0.4) is 0 Å². The minimum atomic E-state index is -0.673. The number of hydrogen-bond donors (Lipinski definition) is 1. The van der Waals surface area contributed by atoms with Crippen LogP contribution in [0, 0.1) is 11.3 Å². The van der Waals surface area contributed by atoms with E-state index in [2.05, 4.69) is 11.1 Å². The first kappa shape index (κ1) is 27.6. The van der Waals surface area contributed by atoms with Gasteiger partial charge in [0.1, 0.15) is 47.4 Å². The first-order valence-electron chi connectivity index (χ1n) is 14.3. The molecule has 1 aliphatic heterocycles. The van der Waals surface area contributed by atoms with Crippen molar-refractivity contribution in [1.82, 2.24) is 9.55 Å². The van der Waals surface area contributed by atoms with Crippen LogP contribution in [-0.4, -0.2) is 9.55 Å². The van der Waals surface area contributed by atoms with Crippen molar-refractivity contribution in [3.8, 4) is 23.5 Å². The fourth-order valence-corrected chi connectivity index (χ4v) is 5.33. The largest absolute Gasteiger partial charge is 0.489 e. The van der Waals surface area contributed by atoms with Crippen molar-refractivity contribution in [3.63, 3.8) is 0 Å². The number of fused-ring (bicyclic) bond motifs is 3. The molecule has 3 heterocycles. The van der Waals surface area contributed by atoms with E-state index in [9.17, 15) is 10.1 Å². The average Bonchev–Trinajstić information content (AvgIpc) is 3.62. The Labute approximate surface area is 257 Å². The smallest absolute Gasteiger partial charge is 0.362 e. The molecule has 220 valence electrons. The highest BCUT2D eigenvalue weighted by molar-refractivity contribution is 5.73. The number of aromatic nitrogens is 2. The monoisotopic (exact) mass is 594 g/mol. The van der Waals surface area contributed by atoms with E-state index in [1.165, 1.54) is 4.57 Å². The SMILES string of the molecule is N#CC1=c2oc(=O)/c(=C\c3ccc(OCc4ccccc4)cc3)n2-c2oc(N)nc2[C@H]1c1ccc(OCc2ccccc2)cc1. The molecule has 2 N–H and O–H groups in total. The first-order valence-corrected chi connectivity index (χ1v) is 14.3. The number of nitrogens with two attached hydrogens (primary N) is 1. The fraction of sp³-hybridized carbons (Fsp3) is 0.0833. The van der Waals surface area contributed by atoms with Gasteiger partial charge in [0.25, 0.3) is 6.01 Å². The molecule has 0 spiro atoms. The van der Waals surface area contributed by atoms with Crippen molar-refractivity contribution < 1.29 is 18.3 Å². The van der Waals surface area contributed by atoms with E-state index in [1.807, 2.05) is 109 Å². The molecule has 4 aromatic carbocycles. The van der Waals surface area contributed by atoms with E-state index < -0.39 is 11.5 Å². The van der Waals surface area contributed by atoms with E-state index in [1.54, 1.807) is 6.08 Å². The Kier molecular flexibility index (Phi) is 7.21. The number of rotatable bonds is 8. The number of nitrogens with zero attached hydrogens (tertiary/aromatic N) is 3. The number of benzene rings is 4. The maximum Gasteiger partial charge on any atom is 0.362 e.